The van der Waals surface area contributed by atoms with Gasteiger partial charge in [-0.15, -0.1) is 0 Å². The predicted molar refractivity (Wildman–Crippen MR) is 66.9 cm³/mol. The lowest BCUT2D eigenvalue weighted by Crippen LogP contribution is -2.43. The molecule has 94 valence electrons. The van der Waals surface area contributed by atoms with Crippen molar-refractivity contribution in [1.82, 2.24) is 0 Å². The molecule has 0 unspecified atom stereocenters. The van der Waals surface area contributed by atoms with Crippen LogP contribution in [0, 0.1) is 11.3 Å². The molecule has 0 spiro atoms. The second kappa shape index (κ2) is 4.79. The SMILES string of the molecule is N#Cc1ccccc1C1(C(=O)O)CCC(N)CC1. The van der Waals surface area contributed by atoms with E-state index in [1.54, 1.807) is 24.3 Å². The molecule has 1 saturated carbocycles. The number of nitrogens with two attached hydrogens (primary N) is 1. The van der Waals surface area contributed by atoms with Gasteiger partial charge in [0.15, 0.2) is 0 Å². The van der Waals surface area contributed by atoms with Gasteiger partial charge < -0.3 is 10.8 Å². The number of carboxylic acid groups (broad SMARTS) is 1. The molecule has 0 saturated heterocycles. The van der Waals surface area contributed by atoms with Crippen LogP contribution in [0.1, 0.15) is 36.8 Å². The van der Waals surface area contributed by atoms with Crippen LogP contribution < -0.4 is 5.73 Å². The van der Waals surface area contributed by atoms with E-state index >= 15 is 0 Å². The number of benzene rings is 1. The highest BCUT2D eigenvalue weighted by atomic mass is 16.4. The molecule has 0 bridgehead atoms. The monoisotopic (exact) mass is 244 g/mol. The van der Waals surface area contributed by atoms with Crippen molar-refractivity contribution >= 4 is 5.97 Å². The molecule has 0 atom stereocenters. The fourth-order valence-electron chi connectivity index (χ4n) is 2.73. The summed E-state index contributed by atoms with van der Waals surface area (Å²) in [6.45, 7) is 0. The van der Waals surface area contributed by atoms with Crippen molar-refractivity contribution in [3.63, 3.8) is 0 Å². The highest BCUT2D eigenvalue weighted by Crippen LogP contribution is 2.40. The number of nitrogens with zero attached hydrogens (tertiary/aromatic N) is 1. The van der Waals surface area contributed by atoms with Gasteiger partial charge >= 0.3 is 5.97 Å². The Balaban J connectivity index is 2.49. The van der Waals surface area contributed by atoms with Gasteiger partial charge in [-0.1, -0.05) is 18.2 Å². The van der Waals surface area contributed by atoms with Crippen molar-refractivity contribution in [1.29, 1.82) is 5.26 Å². The highest BCUT2D eigenvalue weighted by Gasteiger charge is 2.44. The quantitative estimate of drug-likeness (QED) is 0.830. The van der Waals surface area contributed by atoms with Crippen molar-refractivity contribution in [2.24, 2.45) is 5.73 Å². The molecule has 0 amide bonds. The third-order valence-corrected chi connectivity index (χ3v) is 3.86. The van der Waals surface area contributed by atoms with Gasteiger partial charge in [-0.25, -0.2) is 0 Å². The molecular formula is C14H16N2O2. The number of aliphatic carboxylic acids is 1. The Morgan fingerprint density at radius 2 is 2.00 bits per heavy atom. The standard InChI is InChI=1S/C14H16N2O2/c15-9-10-3-1-2-4-12(10)14(13(17)18)7-5-11(16)6-8-14/h1-4,11H,5-8,16H2,(H,17,18). The Labute approximate surface area is 106 Å². The number of carboxylic acids is 1. The van der Waals surface area contributed by atoms with Crippen LogP contribution in [0.4, 0.5) is 0 Å². The molecule has 3 N–H and O–H groups in total. The fourth-order valence-corrected chi connectivity index (χ4v) is 2.73. The first-order valence-electron chi connectivity index (χ1n) is 6.09. The Kier molecular flexibility index (Phi) is 3.35. The van der Waals surface area contributed by atoms with Crippen molar-refractivity contribution in [3.8, 4) is 6.07 Å². The molecule has 1 aromatic carbocycles. The molecule has 0 heterocycles. The molecule has 1 aliphatic carbocycles. The zero-order valence-corrected chi connectivity index (χ0v) is 10.1. The first-order valence-corrected chi connectivity index (χ1v) is 6.09. The minimum atomic E-state index is -0.942. The topological polar surface area (TPSA) is 87.1 Å². The lowest BCUT2D eigenvalue weighted by molar-refractivity contribution is -0.145. The summed E-state index contributed by atoms with van der Waals surface area (Å²) in [5.41, 5.74) is 5.99. The number of hydrogen-bond donors (Lipinski definition) is 2. The van der Waals surface area contributed by atoms with Gasteiger partial charge in [-0.05, 0) is 37.3 Å². The van der Waals surface area contributed by atoms with Crippen LogP contribution in [0.3, 0.4) is 0 Å². The van der Waals surface area contributed by atoms with E-state index in [4.69, 9.17) is 11.0 Å². The molecular weight excluding hydrogens is 228 g/mol. The molecule has 0 aliphatic heterocycles. The minimum Gasteiger partial charge on any atom is -0.481 e. The maximum absolute atomic E-state index is 11.7. The van der Waals surface area contributed by atoms with Gasteiger partial charge in [0.25, 0.3) is 0 Å². The van der Waals surface area contributed by atoms with E-state index < -0.39 is 11.4 Å². The molecule has 18 heavy (non-hydrogen) atoms. The third kappa shape index (κ3) is 1.98. The number of rotatable bonds is 2. The van der Waals surface area contributed by atoms with E-state index in [9.17, 15) is 9.90 Å². The average Bonchev–Trinajstić information content (AvgIpc) is 2.39. The molecule has 4 heteroatoms. The normalized spacial score (nSPS) is 27.4. The summed E-state index contributed by atoms with van der Waals surface area (Å²) >= 11 is 0. The van der Waals surface area contributed by atoms with Crippen molar-refractivity contribution in [2.75, 3.05) is 0 Å². The molecule has 0 aromatic heterocycles. The van der Waals surface area contributed by atoms with Gasteiger partial charge in [0.1, 0.15) is 0 Å². The molecule has 1 fully saturated rings. The van der Waals surface area contributed by atoms with Gasteiger partial charge in [-0.3, -0.25) is 4.79 Å². The maximum atomic E-state index is 11.7. The maximum Gasteiger partial charge on any atom is 0.314 e. The summed E-state index contributed by atoms with van der Waals surface area (Å²) in [5, 5.41) is 18.7. The Morgan fingerprint density at radius 1 is 1.39 bits per heavy atom. The van der Waals surface area contributed by atoms with Crippen molar-refractivity contribution in [3.05, 3.63) is 35.4 Å². The Morgan fingerprint density at radius 3 is 2.56 bits per heavy atom. The molecule has 4 nitrogen and oxygen atoms in total. The smallest absolute Gasteiger partial charge is 0.314 e. The van der Waals surface area contributed by atoms with Gasteiger partial charge in [0.05, 0.1) is 17.0 Å². The fraction of sp³-hybridized carbons (Fsp3) is 0.429. The van der Waals surface area contributed by atoms with E-state index in [-0.39, 0.29) is 6.04 Å². The van der Waals surface area contributed by atoms with Crippen LogP contribution in [0.5, 0.6) is 0 Å². The second-order valence-corrected chi connectivity index (χ2v) is 4.88. The lowest BCUT2D eigenvalue weighted by atomic mass is 9.67. The van der Waals surface area contributed by atoms with E-state index in [1.165, 1.54) is 0 Å². The lowest BCUT2D eigenvalue weighted by Gasteiger charge is -2.36. The first-order chi connectivity index (χ1) is 8.60. The molecule has 1 aliphatic rings. The van der Waals surface area contributed by atoms with Crippen molar-refractivity contribution in [2.45, 2.75) is 37.1 Å². The zero-order chi connectivity index (χ0) is 13.2. The van der Waals surface area contributed by atoms with E-state index in [0.29, 0.717) is 36.8 Å². The summed E-state index contributed by atoms with van der Waals surface area (Å²) < 4.78 is 0. The van der Waals surface area contributed by atoms with E-state index in [0.717, 1.165) is 0 Å². The summed E-state index contributed by atoms with van der Waals surface area (Å²) in [6, 6.07) is 9.14. The number of carbonyl (C=O) groups is 1. The Hall–Kier alpha value is -1.86. The number of hydrogen-bond acceptors (Lipinski definition) is 3. The van der Waals surface area contributed by atoms with Crippen LogP contribution >= 0.6 is 0 Å². The van der Waals surface area contributed by atoms with Crippen LogP contribution in [0.2, 0.25) is 0 Å². The van der Waals surface area contributed by atoms with Crippen LogP contribution in [-0.4, -0.2) is 17.1 Å². The summed E-state index contributed by atoms with van der Waals surface area (Å²) in [5.74, 6) is -0.850. The van der Waals surface area contributed by atoms with Gasteiger partial charge in [0.2, 0.25) is 0 Å². The summed E-state index contributed by atoms with van der Waals surface area (Å²) in [6.07, 6.45) is 2.38. The van der Waals surface area contributed by atoms with E-state index in [2.05, 4.69) is 6.07 Å². The molecule has 1 aromatic rings. The zero-order valence-electron chi connectivity index (χ0n) is 10.1. The largest absolute Gasteiger partial charge is 0.481 e. The average molecular weight is 244 g/mol. The number of nitriles is 1. The second-order valence-electron chi connectivity index (χ2n) is 4.88. The highest BCUT2D eigenvalue weighted by molar-refractivity contribution is 5.82. The van der Waals surface area contributed by atoms with Crippen LogP contribution in [0.15, 0.2) is 24.3 Å². The Bertz CT molecular complexity index is 497. The predicted octanol–water partition coefficient (Wildman–Crippen LogP) is 1.78. The minimum absolute atomic E-state index is 0.0757. The molecule has 2 rings (SSSR count). The van der Waals surface area contributed by atoms with Crippen LogP contribution in [0.25, 0.3) is 0 Å². The molecule has 0 radical (unpaired) electrons. The van der Waals surface area contributed by atoms with Gasteiger partial charge in [0, 0.05) is 6.04 Å². The summed E-state index contributed by atoms with van der Waals surface area (Å²) in [7, 11) is 0. The third-order valence-electron chi connectivity index (χ3n) is 3.86. The first kappa shape index (κ1) is 12.6. The summed E-state index contributed by atoms with van der Waals surface area (Å²) in [4.78, 5) is 11.7. The van der Waals surface area contributed by atoms with E-state index in [1.807, 2.05) is 0 Å². The van der Waals surface area contributed by atoms with Crippen LogP contribution in [-0.2, 0) is 10.2 Å². The van der Waals surface area contributed by atoms with Crippen molar-refractivity contribution < 1.29 is 9.90 Å². The van der Waals surface area contributed by atoms with Gasteiger partial charge in [-0.2, -0.15) is 5.26 Å².